The third-order valence-corrected chi connectivity index (χ3v) is 2.69. The van der Waals surface area contributed by atoms with Crippen LogP contribution in [0.1, 0.15) is 25.7 Å². The summed E-state index contributed by atoms with van der Waals surface area (Å²) in [6, 6.07) is 1.02. The topological polar surface area (TPSA) is 28.0 Å². The number of hydrogen-bond donors (Lipinski definition) is 0. The number of hydrogen-bond acceptors (Lipinski definition) is 3. The smallest absolute Gasteiger partial charge is 0.0952 e. The Morgan fingerprint density at radius 3 is 2.83 bits per heavy atom. The third-order valence-electron chi connectivity index (χ3n) is 2.69. The van der Waals surface area contributed by atoms with Crippen molar-refractivity contribution in [2.45, 2.75) is 37.8 Å². The van der Waals surface area contributed by atoms with Crippen LogP contribution in [0.25, 0.3) is 0 Å². The van der Waals surface area contributed by atoms with Crippen LogP contribution < -0.4 is 0 Å². The lowest BCUT2D eigenvalue weighted by Gasteiger charge is -2.22. The summed E-state index contributed by atoms with van der Waals surface area (Å²) in [6.45, 7) is 0. The van der Waals surface area contributed by atoms with Gasteiger partial charge >= 0.3 is 0 Å². The Labute approximate surface area is 73.1 Å². The highest BCUT2D eigenvalue weighted by Gasteiger charge is 2.29. The molecule has 1 heterocycles. The maximum atomic E-state index is 4.26. The van der Waals surface area contributed by atoms with Crippen LogP contribution in [0.3, 0.4) is 0 Å². The number of allylic oxidation sites excluding steroid dienone is 2. The molecule has 0 saturated carbocycles. The zero-order valence-electron chi connectivity index (χ0n) is 7.48. The second kappa shape index (κ2) is 3.25. The molecule has 2 rings (SSSR count). The van der Waals surface area contributed by atoms with E-state index >= 15 is 0 Å². The number of fused-ring (bicyclic) bond motifs is 1. The van der Waals surface area contributed by atoms with Crippen LogP contribution in [-0.2, 0) is 0 Å². The van der Waals surface area contributed by atoms with Gasteiger partial charge in [-0.25, -0.2) is 0 Å². The fourth-order valence-electron chi connectivity index (χ4n) is 1.94. The van der Waals surface area contributed by atoms with Crippen molar-refractivity contribution >= 4 is 0 Å². The summed E-state index contributed by atoms with van der Waals surface area (Å²) >= 11 is 0. The normalized spacial score (nSPS) is 37.2. The number of nitrogens with zero attached hydrogens (tertiary/aromatic N) is 3. The van der Waals surface area contributed by atoms with Crippen molar-refractivity contribution in [1.29, 1.82) is 0 Å². The average molecular weight is 165 g/mol. The van der Waals surface area contributed by atoms with E-state index in [4.69, 9.17) is 0 Å². The zero-order valence-corrected chi connectivity index (χ0v) is 7.48. The molecular formula is C9H15N3. The maximum Gasteiger partial charge on any atom is 0.0952 e. The molecule has 0 N–H and O–H groups in total. The summed E-state index contributed by atoms with van der Waals surface area (Å²) < 4.78 is 0. The van der Waals surface area contributed by atoms with Gasteiger partial charge in [-0.2, -0.15) is 5.11 Å². The standard InChI is InChI=1S/C9H15N3/c1-12-9-7-5-3-2-4-6-8(9)10-11-12/h2-3,8-9H,4-7H2,1H3/b3-2+. The van der Waals surface area contributed by atoms with Gasteiger partial charge in [-0.15, -0.1) is 0 Å². The van der Waals surface area contributed by atoms with E-state index < -0.39 is 0 Å². The van der Waals surface area contributed by atoms with Crippen molar-refractivity contribution in [3.63, 3.8) is 0 Å². The molecule has 0 bridgehead atoms. The highest BCUT2D eigenvalue weighted by atomic mass is 15.6. The maximum absolute atomic E-state index is 4.26. The van der Waals surface area contributed by atoms with E-state index in [1.54, 1.807) is 0 Å². The lowest BCUT2D eigenvalue weighted by Crippen LogP contribution is -2.32. The summed E-state index contributed by atoms with van der Waals surface area (Å²) in [6.07, 6.45) is 9.25. The van der Waals surface area contributed by atoms with E-state index in [-0.39, 0.29) is 0 Å². The van der Waals surface area contributed by atoms with Gasteiger partial charge in [0.25, 0.3) is 0 Å². The minimum absolute atomic E-state index is 0.458. The Hall–Kier alpha value is -0.860. The van der Waals surface area contributed by atoms with Crippen LogP contribution in [0.4, 0.5) is 0 Å². The van der Waals surface area contributed by atoms with Crippen LogP contribution >= 0.6 is 0 Å². The van der Waals surface area contributed by atoms with Gasteiger partial charge in [-0.1, -0.05) is 17.4 Å². The highest BCUT2D eigenvalue weighted by Crippen LogP contribution is 2.25. The van der Waals surface area contributed by atoms with Gasteiger partial charge < -0.3 is 0 Å². The van der Waals surface area contributed by atoms with Crippen LogP contribution in [0.2, 0.25) is 0 Å². The molecule has 0 aromatic carbocycles. The molecule has 0 aromatic heterocycles. The fourth-order valence-corrected chi connectivity index (χ4v) is 1.94. The van der Waals surface area contributed by atoms with Crippen molar-refractivity contribution in [2.24, 2.45) is 10.3 Å². The average Bonchev–Trinajstić information content (AvgIpc) is 2.31. The van der Waals surface area contributed by atoms with Crippen molar-refractivity contribution in [2.75, 3.05) is 7.05 Å². The largest absolute Gasteiger partial charge is 0.277 e. The predicted octanol–water partition coefficient (Wildman–Crippen LogP) is 2.17. The molecule has 2 aliphatic rings. The van der Waals surface area contributed by atoms with E-state index in [1.807, 2.05) is 12.1 Å². The van der Waals surface area contributed by atoms with Crippen molar-refractivity contribution < 1.29 is 0 Å². The van der Waals surface area contributed by atoms with Gasteiger partial charge in [0.1, 0.15) is 0 Å². The van der Waals surface area contributed by atoms with Gasteiger partial charge in [-0.05, 0) is 25.7 Å². The predicted molar refractivity (Wildman–Crippen MR) is 47.8 cm³/mol. The van der Waals surface area contributed by atoms with Gasteiger partial charge in [0.05, 0.1) is 12.1 Å². The Morgan fingerprint density at radius 1 is 1.25 bits per heavy atom. The molecule has 0 saturated heterocycles. The molecule has 66 valence electrons. The van der Waals surface area contributed by atoms with Crippen molar-refractivity contribution in [3.05, 3.63) is 12.2 Å². The first-order valence-corrected chi connectivity index (χ1v) is 4.66. The quantitative estimate of drug-likeness (QED) is 0.505. The molecule has 3 heteroatoms. The summed E-state index contributed by atoms with van der Waals surface area (Å²) in [5, 5.41) is 10.4. The monoisotopic (exact) mass is 165 g/mol. The van der Waals surface area contributed by atoms with E-state index in [9.17, 15) is 0 Å². The molecule has 2 unspecified atom stereocenters. The van der Waals surface area contributed by atoms with Gasteiger partial charge in [0, 0.05) is 7.05 Å². The lowest BCUT2D eigenvalue weighted by molar-refractivity contribution is 0.251. The first-order valence-electron chi connectivity index (χ1n) is 4.66. The molecule has 1 aliphatic carbocycles. The molecule has 3 nitrogen and oxygen atoms in total. The fraction of sp³-hybridized carbons (Fsp3) is 0.778. The highest BCUT2D eigenvalue weighted by molar-refractivity contribution is 4.94. The molecule has 0 amide bonds. The molecule has 0 aromatic rings. The van der Waals surface area contributed by atoms with Gasteiger partial charge in [0.2, 0.25) is 0 Å². The molecule has 2 atom stereocenters. The van der Waals surface area contributed by atoms with E-state index in [1.165, 1.54) is 12.8 Å². The Balaban J connectivity index is 2.06. The number of rotatable bonds is 0. The molecular weight excluding hydrogens is 150 g/mol. The SMILES string of the molecule is CN1N=NC2CC/C=C/CCC21. The Bertz CT molecular complexity index is 210. The first-order chi connectivity index (χ1) is 5.88. The van der Waals surface area contributed by atoms with E-state index in [0.717, 1.165) is 12.8 Å². The van der Waals surface area contributed by atoms with Gasteiger partial charge in [0.15, 0.2) is 0 Å². The minimum Gasteiger partial charge on any atom is -0.277 e. The summed E-state index contributed by atoms with van der Waals surface area (Å²) in [4.78, 5) is 0. The minimum atomic E-state index is 0.458. The summed E-state index contributed by atoms with van der Waals surface area (Å²) in [7, 11) is 2.03. The molecule has 12 heavy (non-hydrogen) atoms. The zero-order chi connectivity index (χ0) is 8.39. The van der Waals surface area contributed by atoms with E-state index in [0.29, 0.717) is 12.1 Å². The van der Waals surface area contributed by atoms with Crippen LogP contribution in [-0.4, -0.2) is 24.1 Å². The molecule has 0 fully saturated rings. The first kappa shape index (κ1) is 7.77. The van der Waals surface area contributed by atoms with Crippen molar-refractivity contribution in [3.8, 4) is 0 Å². The Morgan fingerprint density at radius 2 is 2.00 bits per heavy atom. The number of likely N-dealkylation sites (N-methyl/N-ethyl adjacent to an activating group) is 1. The molecule has 1 aliphatic heterocycles. The molecule has 0 radical (unpaired) electrons. The molecule has 0 spiro atoms. The summed E-state index contributed by atoms with van der Waals surface area (Å²) in [5.41, 5.74) is 0. The second-order valence-corrected chi connectivity index (χ2v) is 3.54. The summed E-state index contributed by atoms with van der Waals surface area (Å²) in [5.74, 6) is 0. The third kappa shape index (κ3) is 1.36. The Kier molecular flexibility index (Phi) is 2.11. The van der Waals surface area contributed by atoms with Gasteiger partial charge in [-0.3, -0.25) is 5.01 Å². The van der Waals surface area contributed by atoms with Crippen LogP contribution in [0, 0.1) is 0 Å². The van der Waals surface area contributed by atoms with Crippen LogP contribution in [0.15, 0.2) is 22.5 Å². The second-order valence-electron chi connectivity index (χ2n) is 3.54. The van der Waals surface area contributed by atoms with Crippen LogP contribution in [0.5, 0.6) is 0 Å². The van der Waals surface area contributed by atoms with E-state index in [2.05, 4.69) is 22.5 Å². The van der Waals surface area contributed by atoms with Crippen molar-refractivity contribution in [1.82, 2.24) is 5.01 Å². The lowest BCUT2D eigenvalue weighted by atomic mass is 9.96.